The van der Waals surface area contributed by atoms with E-state index in [1.807, 2.05) is 23.9 Å². The fourth-order valence-electron chi connectivity index (χ4n) is 1.70. The molecule has 0 spiro atoms. The van der Waals surface area contributed by atoms with E-state index >= 15 is 0 Å². The van der Waals surface area contributed by atoms with Crippen LogP contribution in [-0.2, 0) is 13.1 Å². The Morgan fingerprint density at radius 1 is 1.39 bits per heavy atom. The number of nitrogens with two attached hydrogens (primary N) is 1. The minimum absolute atomic E-state index is 0.489. The molecular formula is C13H18N4O. The molecule has 0 amide bonds. The molecule has 5 nitrogen and oxygen atoms in total. The predicted octanol–water partition coefficient (Wildman–Crippen LogP) is 2.25. The highest BCUT2D eigenvalue weighted by Gasteiger charge is 2.06. The molecule has 2 heterocycles. The normalized spacial score (nSPS) is 10.6. The molecule has 2 N–H and O–H groups in total. The Bertz CT molecular complexity index is 521. The number of hydrogen-bond donors (Lipinski definition) is 1. The third-order valence-electron chi connectivity index (χ3n) is 2.60. The fraction of sp³-hybridized carbons (Fsp3) is 0.385. The van der Waals surface area contributed by atoms with Crippen LogP contribution in [0.4, 0.5) is 0 Å². The first kappa shape index (κ1) is 12.6. The molecule has 2 aromatic heterocycles. The molecular weight excluding hydrogens is 228 g/mol. The van der Waals surface area contributed by atoms with Crippen molar-refractivity contribution in [1.82, 2.24) is 14.8 Å². The Morgan fingerprint density at radius 3 is 2.89 bits per heavy atom. The lowest BCUT2D eigenvalue weighted by Crippen LogP contribution is -1.99. The van der Waals surface area contributed by atoms with Gasteiger partial charge < -0.3 is 10.5 Å². The van der Waals surface area contributed by atoms with E-state index in [9.17, 15) is 0 Å². The highest BCUT2D eigenvalue weighted by atomic mass is 16.5. The van der Waals surface area contributed by atoms with Crippen molar-refractivity contribution in [2.45, 2.75) is 33.4 Å². The average Bonchev–Trinajstić information content (AvgIpc) is 2.80. The second-order valence-electron chi connectivity index (χ2n) is 4.21. The number of aromatic nitrogens is 3. The third kappa shape index (κ3) is 2.87. The molecule has 0 radical (unpaired) electrons. The summed E-state index contributed by atoms with van der Waals surface area (Å²) in [5.41, 5.74) is 7.54. The largest absolute Gasteiger partial charge is 0.435 e. The van der Waals surface area contributed by atoms with Crippen molar-refractivity contribution in [2.75, 3.05) is 0 Å². The van der Waals surface area contributed by atoms with E-state index < -0.39 is 0 Å². The zero-order chi connectivity index (χ0) is 13.0. The lowest BCUT2D eigenvalue weighted by Gasteiger charge is -2.06. The lowest BCUT2D eigenvalue weighted by molar-refractivity contribution is 0.457. The van der Waals surface area contributed by atoms with Crippen molar-refractivity contribution in [1.29, 1.82) is 0 Å². The molecule has 2 rings (SSSR count). The summed E-state index contributed by atoms with van der Waals surface area (Å²) in [5.74, 6) is 1.31. The zero-order valence-corrected chi connectivity index (χ0v) is 10.8. The second-order valence-corrected chi connectivity index (χ2v) is 4.21. The van der Waals surface area contributed by atoms with Gasteiger partial charge in [-0.25, -0.2) is 4.98 Å². The van der Waals surface area contributed by atoms with Crippen LogP contribution in [0.25, 0.3) is 0 Å². The Kier molecular flexibility index (Phi) is 3.94. The van der Waals surface area contributed by atoms with Crippen molar-refractivity contribution < 1.29 is 4.74 Å². The highest BCUT2D eigenvalue weighted by Crippen LogP contribution is 2.22. The maximum absolute atomic E-state index is 5.70. The summed E-state index contributed by atoms with van der Waals surface area (Å²) in [6, 6.07) is 1.98. The Labute approximate surface area is 107 Å². The smallest absolute Gasteiger partial charge is 0.222 e. The van der Waals surface area contributed by atoms with Crippen LogP contribution in [0.15, 0.2) is 24.7 Å². The summed E-state index contributed by atoms with van der Waals surface area (Å²) >= 11 is 0. The van der Waals surface area contributed by atoms with Crippen LogP contribution in [0.5, 0.6) is 11.6 Å². The number of pyridine rings is 1. The molecule has 0 aliphatic heterocycles. The summed E-state index contributed by atoms with van der Waals surface area (Å²) in [5, 5.41) is 4.21. The Hall–Kier alpha value is -1.88. The van der Waals surface area contributed by atoms with E-state index in [1.54, 1.807) is 12.4 Å². The van der Waals surface area contributed by atoms with Gasteiger partial charge in [0.25, 0.3) is 0 Å². The van der Waals surface area contributed by atoms with Crippen molar-refractivity contribution in [3.05, 3.63) is 35.8 Å². The van der Waals surface area contributed by atoms with E-state index in [2.05, 4.69) is 17.0 Å². The number of aryl methyl sites for hydroxylation is 2. The SMILES string of the molecule is CCCn1cc(Oc2ncc(CN)cc2C)cn1. The van der Waals surface area contributed by atoms with Crippen molar-refractivity contribution >= 4 is 0 Å². The topological polar surface area (TPSA) is 66.0 Å². The predicted molar refractivity (Wildman–Crippen MR) is 69.5 cm³/mol. The molecule has 0 saturated heterocycles. The van der Waals surface area contributed by atoms with Gasteiger partial charge >= 0.3 is 0 Å². The first-order valence-electron chi connectivity index (χ1n) is 6.08. The molecule has 0 aromatic carbocycles. The summed E-state index contributed by atoms with van der Waals surface area (Å²) in [6.07, 6.45) is 6.36. The minimum Gasteiger partial charge on any atom is -0.435 e. The number of ether oxygens (including phenoxy) is 1. The molecule has 18 heavy (non-hydrogen) atoms. The maximum atomic E-state index is 5.70. The van der Waals surface area contributed by atoms with Crippen LogP contribution >= 0.6 is 0 Å². The highest BCUT2D eigenvalue weighted by molar-refractivity contribution is 5.31. The number of hydrogen-bond acceptors (Lipinski definition) is 4. The molecule has 0 saturated carbocycles. The zero-order valence-electron chi connectivity index (χ0n) is 10.8. The van der Waals surface area contributed by atoms with E-state index in [0.29, 0.717) is 18.2 Å². The first-order chi connectivity index (χ1) is 8.72. The van der Waals surface area contributed by atoms with E-state index in [4.69, 9.17) is 10.5 Å². The van der Waals surface area contributed by atoms with Gasteiger partial charge in [-0.05, 0) is 25.0 Å². The number of nitrogens with zero attached hydrogens (tertiary/aromatic N) is 3. The van der Waals surface area contributed by atoms with Gasteiger partial charge in [0.1, 0.15) is 0 Å². The minimum atomic E-state index is 0.489. The summed E-state index contributed by atoms with van der Waals surface area (Å²) < 4.78 is 7.56. The van der Waals surface area contributed by atoms with Gasteiger partial charge in [-0.15, -0.1) is 0 Å². The molecule has 96 valence electrons. The molecule has 0 fully saturated rings. The maximum Gasteiger partial charge on any atom is 0.222 e. The van der Waals surface area contributed by atoms with Gasteiger partial charge in [-0.1, -0.05) is 6.92 Å². The van der Waals surface area contributed by atoms with Crippen LogP contribution in [0.3, 0.4) is 0 Å². The lowest BCUT2D eigenvalue weighted by atomic mass is 10.2. The van der Waals surface area contributed by atoms with Crippen molar-refractivity contribution in [2.24, 2.45) is 5.73 Å². The van der Waals surface area contributed by atoms with Crippen LogP contribution in [0.2, 0.25) is 0 Å². The van der Waals surface area contributed by atoms with Gasteiger partial charge in [0.15, 0.2) is 5.75 Å². The monoisotopic (exact) mass is 246 g/mol. The second kappa shape index (κ2) is 5.64. The molecule has 0 bridgehead atoms. The third-order valence-corrected chi connectivity index (χ3v) is 2.60. The summed E-state index contributed by atoms with van der Waals surface area (Å²) in [4.78, 5) is 4.26. The van der Waals surface area contributed by atoms with E-state index in [0.717, 1.165) is 24.1 Å². The molecule has 0 unspecified atom stereocenters. The summed E-state index contributed by atoms with van der Waals surface area (Å²) in [6.45, 7) is 5.45. The average molecular weight is 246 g/mol. The van der Waals surface area contributed by atoms with Gasteiger partial charge in [-0.2, -0.15) is 5.10 Å². The van der Waals surface area contributed by atoms with Crippen molar-refractivity contribution in [3.63, 3.8) is 0 Å². The fourth-order valence-corrected chi connectivity index (χ4v) is 1.70. The Morgan fingerprint density at radius 2 is 2.22 bits per heavy atom. The van der Waals surface area contributed by atoms with Crippen LogP contribution in [0, 0.1) is 6.92 Å². The van der Waals surface area contributed by atoms with Crippen LogP contribution in [-0.4, -0.2) is 14.8 Å². The first-order valence-corrected chi connectivity index (χ1v) is 6.08. The van der Waals surface area contributed by atoms with Crippen LogP contribution in [0.1, 0.15) is 24.5 Å². The Balaban J connectivity index is 2.12. The van der Waals surface area contributed by atoms with E-state index in [1.165, 1.54) is 0 Å². The van der Waals surface area contributed by atoms with Gasteiger partial charge in [0, 0.05) is 24.8 Å². The molecule has 0 atom stereocenters. The van der Waals surface area contributed by atoms with Gasteiger partial charge in [0.05, 0.1) is 12.4 Å². The molecule has 5 heteroatoms. The molecule has 2 aromatic rings. The quantitative estimate of drug-likeness (QED) is 0.878. The van der Waals surface area contributed by atoms with Gasteiger partial charge in [-0.3, -0.25) is 4.68 Å². The standard InChI is InChI=1S/C13H18N4O/c1-3-4-17-9-12(8-16-17)18-13-10(2)5-11(6-14)7-15-13/h5,7-9H,3-4,6,14H2,1-2H3. The van der Waals surface area contributed by atoms with Gasteiger partial charge in [0.2, 0.25) is 5.88 Å². The number of rotatable bonds is 5. The van der Waals surface area contributed by atoms with Crippen molar-refractivity contribution in [3.8, 4) is 11.6 Å². The van der Waals surface area contributed by atoms with E-state index in [-0.39, 0.29) is 0 Å². The molecule has 0 aliphatic carbocycles. The van der Waals surface area contributed by atoms with Crippen LogP contribution < -0.4 is 10.5 Å². The summed E-state index contributed by atoms with van der Waals surface area (Å²) in [7, 11) is 0. The molecule has 0 aliphatic rings.